The number of methoxy groups -OCH3 is 1. The van der Waals surface area contributed by atoms with Crippen LogP contribution in [-0.2, 0) is 11.3 Å². The predicted octanol–water partition coefficient (Wildman–Crippen LogP) is 4.24. The fourth-order valence-corrected chi connectivity index (χ4v) is 5.74. The number of aliphatic hydroxyl groups is 1. The van der Waals surface area contributed by atoms with Gasteiger partial charge in [-0.3, -0.25) is 0 Å². The highest BCUT2D eigenvalue weighted by Crippen LogP contribution is 2.30. The number of carbonyl (C=O) groups is 1. The van der Waals surface area contributed by atoms with E-state index >= 15 is 0 Å². The van der Waals surface area contributed by atoms with Crippen molar-refractivity contribution in [1.29, 1.82) is 0 Å². The molecule has 3 heterocycles. The molecule has 0 radical (unpaired) electrons. The molecule has 0 saturated carbocycles. The van der Waals surface area contributed by atoms with Crippen molar-refractivity contribution in [3.8, 4) is 5.88 Å². The van der Waals surface area contributed by atoms with Gasteiger partial charge in [-0.05, 0) is 55.8 Å². The Bertz CT molecular complexity index is 1400. The maximum Gasteiger partial charge on any atom is 0.328 e. The Kier molecular flexibility index (Phi) is 7.76. The Labute approximate surface area is 219 Å². The summed E-state index contributed by atoms with van der Waals surface area (Å²) >= 11 is 1.74. The first-order valence-corrected chi connectivity index (χ1v) is 13.2. The van der Waals surface area contributed by atoms with Crippen LogP contribution in [0.15, 0.2) is 54.6 Å². The number of fused-ring (bicyclic) bond motifs is 2. The number of rotatable bonds is 9. The minimum Gasteiger partial charge on any atom is -0.481 e. The number of hydrogen-bond acceptors (Lipinski definition) is 8. The van der Waals surface area contributed by atoms with Crippen molar-refractivity contribution in [3.63, 3.8) is 0 Å². The van der Waals surface area contributed by atoms with E-state index in [2.05, 4.69) is 21.3 Å². The number of aromatic nitrogens is 2. The first-order chi connectivity index (χ1) is 18.0. The number of aliphatic carboxylic acids is 1. The topological polar surface area (TPSA) is 108 Å². The van der Waals surface area contributed by atoms with E-state index in [-0.39, 0.29) is 0 Å². The zero-order valence-electron chi connectivity index (χ0n) is 20.6. The molecule has 4 aromatic rings. The summed E-state index contributed by atoms with van der Waals surface area (Å²) in [5.41, 5.74) is 3.10. The summed E-state index contributed by atoms with van der Waals surface area (Å²) in [6.45, 7) is 3.06. The third-order valence-electron chi connectivity index (χ3n) is 6.77. The molecule has 1 aliphatic rings. The maximum absolute atomic E-state index is 11.2. The number of carboxylic acid groups (broad SMARTS) is 1. The van der Waals surface area contributed by atoms with Gasteiger partial charge in [-0.25, -0.2) is 14.8 Å². The van der Waals surface area contributed by atoms with E-state index in [9.17, 15) is 9.90 Å². The minimum atomic E-state index is -1.02. The number of carboxylic acids is 1. The zero-order chi connectivity index (χ0) is 25.8. The number of β-amino-alcohol motifs (C(OH)–C–C–N with tert-alkyl or cyclic N) is 1. The smallest absolute Gasteiger partial charge is 0.328 e. The summed E-state index contributed by atoms with van der Waals surface area (Å²) in [4.78, 5) is 22.6. The first-order valence-electron chi connectivity index (χ1n) is 12.4. The molecule has 1 unspecified atom stereocenters. The third-order valence-corrected chi connectivity index (χ3v) is 7.81. The van der Waals surface area contributed by atoms with Crippen LogP contribution in [0.4, 0.5) is 0 Å². The number of pyridine rings is 1. The highest BCUT2D eigenvalue weighted by molar-refractivity contribution is 7.18. The quantitative estimate of drug-likeness (QED) is 0.283. The normalized spacial score (nSPS) is 16.1. The van der Waals surface area contributed by atoms with Gasteiger partial charge < -0.3 is 25.2 Å². The summed E-state index contributed by atoms with van der Waals surface area (Å²) in [5.74, 6) is -0.572. The van der Waals surface area contributed by atoms with Gasteiger partial charge in [-0.1, -0.05) is 24.3 Å². The largest absolute Gasteiger partial charge is 0.481 e. The van der Waals surface area contributed by atoms with Crippen molar-refractivity contribution in [2.75, 3.05) is 26.7 Å². The molecule has 1 saturated heterocycles. The van der Waals surface area contributed by atoms with Gasteiger partial charge in [-0.15, -0.1) is 11.3 Å². The van der Waals surface area contributed by atoms with Crippen LogP contribution in [0, 0.1) is 0 Å². The minimum absolute atomic E-state index is 0.424. The van der Waals surface area contributed by atoms with Gasteiger partial charge in [0.1, 0.15) is 5.01 Å². The lowest BCUT2D eigenvalue weighted by Crippen LogP contribution is -2.43. The molecule has 0 amide bonds. The van der Waals surface area contributed by atoms with Gasteiger partial charge in [0.05, 0.1) is 28.9 Å². The molecule has 5 rings (SSSR count). The molecule has 0 spiro atoms. The molecule has 9 heteroatoms. The number of piperidine rings is 1. The number of benzene rings is 2. The average molecular weight is 519 g/mol. The molecule has 8 nitrogen and oxygen atoms in total. The Hall–Kier alpha value is -3.37. The van der Waals surface area contributed by atoms with E-state index in [1.165, 1.54) is 4.70 Å². The van der Waals surface area contributed by atoms with Gasteiger partial charge in [0.15, 0.2) is 0 Å². The lowest BCUT2D eigenvalue weighted by Gasteiger charge is -2.33. The van der Waals surface area contributed by atoms with E-state index in [4.69, 9.17) is 14.8 Å². The number of ether oxygens (including phenoxy) is 1. The summed E-state index contributed by atoms with van der Waals surface area (Å²) in [7, 11) is 1.55. The maximum atomic E-state index is 11.2. The zero-order valence-corrected chi connectivity index (χ0v) is 21.4. The van der Waals surface area contributed by atoms with E-state index in [1.807, 2.05) is 36.4 Å². The number of likely N-dealkylation sites (tertiary alicyclic amines) is 1. The first kappa shape index (κ1) is 25.3. The lowest BCUT2D eigenvalue weighted by molar-refractivity contribution is -0.131. The Balaban J connectivity index is 1.21. The summed E-state index contributed by atoms with van der Waals surface area (Å²) in [6, 6.07) is 15.9. The standard InChI is InChI=1S/C28H30N4O4S/c1-36-25-10-9-20-18(7-11-27(34)35)6-8-21(28(20)31-25)23(33)17-32-14-12-19(13-15-32)29-16-26-30-22-4-2-3-5-24(22)37-26/h2-11,19,23,29,33H,12-17H2,1H3,(H,34,35)/b11-7+. The van der Waals surface area contributed by atoms with Crippen molar-refractivity contribution >= 4 is 44.5 Å². The van der Waals surface area contributed by atoms with Crippen molar-refractivity contribution in [3.05, 3.63) is 70.7 Å². The van der Waals surface area contributed by atoms with E-state index in [0.717, 1.165) is 60.0 Å². The Morgan fingerprint density at radius 3 is 2.76 bits per heavy atom. The summed E-state index contributed by atoms with van der Waals surface area (Å²) < 4.78 is 6.52. The Morgan fingerprint density at radius 2 is 2.00 bits per heavy atom. The molecule has 0 bridgehead atoms. The number of hydrogen-bond donors (Lipinski definition) is 3. The molecule has 0 aliphatic carbocycles. The van der Waals surface area contributed by atoms with E-state index in [1.54, 1.807) is 30.6 Å². The van der Waals surface area contributed by atoms with Crippen LogP contribution >= 0.6 is 11.3 Å². The molecular formula is C28H30N4O4S. The highest BCUT2D eigenvalue weighted by atomic mass is 32.1. The predicted molar refractivity (Wildman–Crippen MR) is 146 cm³/mol. The molecule has 1 atom stereocenters. The van der Waals surface area contributed by atoms with E-state index in [0.29, 0.717) is 29.5 Å². The van der Waals surface area contributed by atoms with E-state index < -0.39 is 12.1 Å². The number of nitrogens with zero attached hydrogens (tertiary/aromatic N) is 3. The van der Waals surface area contributed by atoms with Crippen LogP contribution in [0.25, 0.3) is 27.2 Å². The number of thiazole rings is 1. The number of para-hydroxylation sites is 1. The molecular weight excluding hydrogens is 488 g/mol. The molecule has 1 fully saturated rings. The number of aliphatic hydroxyl groups excluding tert-OH is 1. The number of nitrogens with one attached hydrogen (secondary N) is 1. The molecule has 1 aliphatic heterocycles. The van der Waals surface area contributed by atoms with Crippen molar-refractivity contribution in [2.45, 2.75) is 31.5 Å². The monoisotopic (exact) mass is 518 g/mol. The van der Waals surface area contributed by atoms with Crippen LogP contribution in [-0.4, -0.2) is 63.8 Å². The fourth-order valence-electron chi connectivity index (χ4n) is 4.82. The Morgan fingerprint density at radius 1 is 1.19 bits per heavy atom. The second-order valence-electron chi connectivity index (χ2n) is 9.21. The van der Waals surface area contributed by atoms with Crippen LogP contribution in [0.2, 0.25) is 0 Å². The molecule has 192 valence electrons. The van der Waals surface area contributed by atoms with Gasteiger partial charge >= 0.3 is 5.97 Å². The lowest BCUT2D eigenvalue weighted by atomic mass is 9.98. The van der Waals surface area contributed by atoms with Crippen LogP contribution in [0.1, 0.15) is 35.1 Å². The second-order valence-corrected chi connectivity index (χ2v) is 10.3. The second kappa shape index (κ2) is 11.4. The average Bonchev–Trinajstić information content (AvgIpc) is 3.34. The van der Waals surface area contributed by atoms with Gasteiger partial charge in [0.2, 0.25) is 5.88 Å². The molecule has 3 N–H and O–H groups in total. The summed E-state index contributed by atoms with van der Waals surface area (Å²) in [6.07, 6.45) is 3.92. The fraction of sp³-hybridized carbons (Fsp3) is 0.321. The molecule has 2 aromatic heterocycles. The molecule has 37 heavy (non-hydrogen) atoms. The molecule has 2 aromatic carbocycles. The van der Waals surface area contributed by atoms with Crippen molar-refractivity contribution in [2.24, 2.45) is 0 Å². The third kappa shape index (κ3) is 5.97. The summed E-state index contributed by atoms with van der Waals surface area (Å²) in [5, 5.41) is 25.7. The SMILES string of the molecule is COc1ccc2c(/C=C/C(=O)O)ccc(C(O)CN3CCC(NCc4nc5ccccc5s4)CC3)c2n1. The van der Waals surface area contributed by atoms with Crippen molar-refractivity contribution in [1.82, 2.24) is 20.2 Å². The van der Waals surface area contributed by atoms with Crippen LogP contribution in [0.3, 0.4) is 0 Å². The van der Waals surface area contributed by atoms with Gasteiger partial charge in [-0.2, -0.15) is 0 Å². The van der Waals surface area contributed by atoms with Gasteiger partial charge in [0, 0.05) is 42.2 Å². The highest BCUT2D eigenvalue weighted by Gasteiger charge is 2.23. The van der Waals surface area contributed by atoms with Gasteiger partial charge in [0.25, 0.3) is 0 Å². The van der Waals surface area contributed by atoms with Crippen molar-refractivity contribution < 1.29 is 19.7 Å². The van der Waals surface area contributed by atoms with Crippen LogP contribution < -0.4 is 10.1 Å². The van der Waals surface area contributed by atoms with Crippen LogP contribution in [0.5, 0.6) is 5.88 Å².